The second kappa shape index (κ2) is 4.27. The highest BCUT2D eigenvalue weighted by Crippen LogP contribution is 2.70. The molecule has 1 N–H and O–H groups in total. The van der Waals surface area contributed by atoms with Crippen LogP contribution in [0.25, 0.3) is 0 Å². The molecule has 4 rings (SSSR count). The summed E-state index contributed by atoms with van der Waals surface area (Å²) in [4.78, 5) is 12.0. The Morgan fingerprint density at radius 2 is 2.09 bits per heavy atom. The lowest BCUT2D eigenvalue weighted by Crippen LogP contribution is -2.54. The maximum absolute atomic E-state index is 12.0. The van der Waals surface area contributed by atoms with Gasteiger partial charge in [-0.3, -0.25) is 4.79 Å². The van der Waals surface area contributed by atoms with E-state index in [1.807, 2.05) is 6.92 Å². The smallest absolute Gasteiger partial charge is 0.309 e. The van der Waals surface area contributed by atoms with E-state index in [4.69, 9.17) is 0 Å². The molecule has 0 aromatic heterocycles. The van der Waals surface area contributed by atoms with Gasteiger partial charge in [-0.05, 0) is 74.5 Å². The Hall–Kier alpha value is -1.05. The van der Waals surface area contributed by atoms with Crippen molar-refractivity contribution in [2.24, 2.45) is 28.1 Å². The zero-order valence-electron chi connectivity index (χ0n) is 14.0. The van der Waals surface area contributed by atoms with E-state index >= 15 is 0 Å². The summed E-state index contributed by atoms with van der Waals surface area (Å²) in [7, 11) is 0. The highest BCUT2D eigenvalue weighted by Gasteiger charge is 2.62. The molecule has 2 heteroatoms. The summed E-state index contributed by atoms with van der Waals surface area (Å²) in [5, 5.41) is 9.89. The second-order valence-corrected chi connectivity index (χ2v) is 8.95. The molecule has 0 amide bonds. The van der Waals surface area contributed by atoms with Gasteiger partial charge in [0, 0.05) is 0 Å². The number of aliphatic carboxylic acids is 1. The average Bonchev–Trinajstić information content (AvgIpc) is 2.68. The van der Waals surface area contributed by atoms with Crippen LogP contribution in [-0.2, 0) is 4.79 Å². The Balaban J connectivity index is 1.80. The summed E-state index contributed by atoms with van der Waals surface area (Å²) in [6.07, 6.45) is 11.4. The van der Waals surface area contributed by atoms with Gasteiger partial charge in [0.1, 0.15) is 0 Å². The first kappa shape index (κ1) is 14.5. The fourth-order valence-electron chi connectivity index (χ4n) is 6.87. The van der Waals surface area contributed by atoms with E-state index in [-0.39, 0.29) is 5.41 Å². The number of rotatable bonds is 1. The lowest BCUT2D eigenvalue weighted by molar-refractivity contribution is -0.161. The van der Waals surface area contributed by atoms with E-state index < -0.39 is 11.4 Å². The van der Waals surface area contributed by atoms with Gasteiger partial charge in [-0.2, -0.15) is 0 Å². The lowest BCUT2D eigenvalue weighted by Gasteiger charge is -2.60. The van der Waals surface area contributed by atoms with Gasteiger partial charge in [0.25, 0.3) is 0 Å². The molecule has 2 nitrogen and oxygen atoms in total. The molecule has 3 saturated carbocycles. The van der Waals surface area contributed by atoms with Crippen LogP contribution in [0.5, 0.6) is 0 Å². The van der Waals surface area contributed by atoms with Crippen molar-refractivity contribution >= 4 is 5.97 Å². The summed E-state index contributed by atoms with van der Waals surface area (Å²) >= 11 is 0. The van der Waals surface area contributed by atoms with Crippen LogP contribution in [0.2, 0.25) is 0 Å². The third-order valence-corrected chi connectivity index (χ3v) is 7.90. The van der Waals surface area contributed by atoms with Crippen molar-refractivity contribution in [2.75, 3.05) is 0 Å². The van der Waals surface area contributed by atoms with Crippen LogP contribution in [0.1, 0.15) is 65.2 Å². The Morgan fingerprint density at radius 1 is 1.32 bits per heavy atom. The Bertz CT molecular complexity index is 589. The molecule has 0 heterocycles. The molecule has 0 saturated heterocycles. The van der Waals surface area contributed by atoms with Crippen molar-refractivity contribution in [1.82, 2.24) is 0 Å². The van der Waals surface area contributed by atoms with Crippen LogP contribution in [0.15, 0.2) is 23.8 Å². The van der Waals surface area contributed by atoms with E-state index in [0.29, 0.717) is 17.3 Å². The van der Waals surface area contributed by atoms with Crippen molar-refractivity contribution in [3.8, 4) is 0 Å². The molecule has 4 aliphatic carbocycles. The normalized spacial score (nSPS) is 50.1. The monoisotopic (exact) mass is 300 g/mol. The van der Waals surface area contributed by atoms with Crippen LogP contribution in [0.4, 0.5) is 0 Å². The Labute approximate surface area is 133 Å². The highest BCUT2D eigenvalue weighted by molar-refractivity contribution is 5.75. The first-order chi connectivity index (χ1) is 10.3. The summed E-state index contributed by atoms with van der Waals surface area (Å²) in [6, 6.07) is 0. The van der Waals surface area contributed by atoms with Gasteiger partial charge in [-0.25, -0.2) is 0 Å². The first-order valence-corrected chi connectivity index (χ1v) is 8.94. The standard InChI is InChI=1S/C20H28O2/c1-13-11-20-10-7-15-18(2,16(20)6-5-14(13)12-20)8-4-9-19(15,3)17(21)22/h6,14-15H,1,4-5,7-12H2,2-3H3,(H,21,22)/t14-,15+,18+,19-,20+/m1/s1. The molecule has 2 bridgehead atoms. The van der Waals surface area contributed by atoms with Crippen molar-refractivity contribution in [1.29, 1.82) is 0 Å². The molecule has 0 radical (unpaired) electrons. The van der Waals surface area contributed by atoms with Gasteiger partial charge < -0.3 is 5.11 Å². The van der Waals surface area contributed by atoms with Gasteiger partial charge >= 0.3 is 5.97 Å². The minimum Gasteiger partial charge on any atom is -0.481 e. The van der Waals surface area contributed by atoms with E-state index in [9.17, 15) is 9.90 Å². The summed E-state index contributed by atoms with van der Waals surface area (Å²) in [6.45, 7) is 8.73. The summed E-state index contributed by atoms with van der Waals surface area (Å²) in [5.74, 6) is 0.413. The number of allylic oxidation sites excluding steroid dienone is 3. The molecule has 0 unspecified atom stereocenters. The molecule has 5 atom stereocenters. The fourth-order valence-corrected chi connectivity index (χ4v) is 6.87. The van der Waals surface area contributed by atoms with Crippen LogP contribution in [0.3, 0.4) is 0 Å². The molecule has 0 aliphatic heterocycles. The predicted molar refractivity (Wildman–Crippen MR) is 87.4 cm³/mol. The van der Waals surface area contributed by atoms with Gasteiger partial charge in [0.05, 0.1) is 5.41 Å². The summed E-state index contributed by atoms with van der Waals surface area (Å²) in [5.41, 5.74) is 2.96. The van der Waals surface area contributed by atoms with Gasteiger partial charge in [0.2, 0.25) is 0 Å². The topological polar surface area (TPSA) is 37.3 Å². The highest BCUT2D eigenvalue weighted by atomic mass is 16.4. The minimum absolute atomic E-state index is 0.0965. The summed E-state index contributed by atoms with van der Waals surface area (Å²) < 4.78 is 0. The number of fused-ring (bicyclic) bond motifs is 3. The molecule has 3 fully saturated rings. The number of hydrogen-bond acceptors (Lipinski definition) is 1. The number of carboxylic acid groups (broad SMARTS) is 1. The zero-order valence-corrected chi connectivity index (χ0v) is 14.0. The van der Waals surface area contributed by atoms with Crippen molar-refractivity contribution in [3.05, 3.63) is 23.8 Å². The van der Waals surface area contributed by atoms with E-state index in [0.717, 1.165) is 32.1 Å². The third-order valence-electron chi connectivity index (χ3n) is 7.90. The fraction of sp³-hybridized carbons (Fsp3) is 0.750. The molecule has 120 valence electrons. The van der Waals surface area contributed by atoms with Gasteiger partial charge in [-0.15, -0.1) is 0 Å². The quantitative estimate of drug-likeness (QED) is 0.695. The SMILES string of the molecule is C=C1C[C@]23CC[C@@H]4[C@](C)(C(=O)O)CCC[C@]4(C)C2=CC[C@@H]1C3. The predicted octanol–water partition coefficient (Wildman–Crippen LogP) is 4.96. The lowest BCUT2D eigenvalue weighted by atomic mass is 9.44. The van der Waals surface area contributed by atoms with Crippen LogP contribution < -0.4 is 0 Å². The minimum atomic E-state index is -0.579. The first-order valence-electron chi connectivity index (χ1n) is 8.94. The molecular formula is C20H28O2. The molecule has 0 aromatic carbocycles. The van der Waals surface area contributed by atoms with Gasteiger partial charge in [-0.1, -0.05) is 37.1 Å². The van der Waals surface area contributed by atoms with Crippen LogP contribution in [-0.4, -0.2) is 11.1 Å². The van der Waals surface area contributed by atoms with Crippen molar-refractivity contribution in [2.45, 2.75) is 65.2 Å². The second-order valence-electron chi connectivity index (χ2n) is 8.95. The molecule has 22 heavy (non-hydrogen) atoms. The number of carboxylic acids is 1. The van der Waals surface area contributed by atoms with Crippen LogP contribution in [0, 0.1) is 28.1 Å². The maximum Gasteiger partial charge on any atom is 0.309 e. The van der Waals surface area contributed by atoms with Crippen molar-refractivity contribution < 1.29 is 9.90 Å². The zero-order chi connectivity index (χ0) is 15.8. The van der Waals surface area contributed by atoms with E-state index in [1.165, 1.54) is 24.8 Å². The maximum atomic E-state index is 12.0. The largest absolute Gasteiger partial charge is 0.481 e. The van der Waals surface area contributed by atoms with Crippen molar-refractivity contribution in [3.63, 3.8) is 0 Å². The molecular weight excluding hydrogens is 272 g/mol. The van der Waals surface area contributed by atoms with Crippen LogP contribution >= 0.6 is 0 Å². The Kier molecular flexibility index (Phi) is 2.82. The van der Waals surface area contributed by atoms with E-state index in [1.54, 1.807) is 5.57 Å². The van der Waals surface area contributed by atoms with Gasteiger partial charge in [0.15, 0.2) is 0 Å². The third kappa shape index (κ3) is 1.59. The molecule has 1 spiro atoms. The number of carbonyl (C=O) groups is 1. The number of hydrogen-bond donors (Lipinski definition) is 1. The Morgan fingerprint density at radius 3 is 2.82 bits per heavy atom. The average molecular weight is 300 g/mol. The molecule has 0 aromatic rings. The van der Waals surface area contributed by atoms with E-state index in [2.05, 4.69) is 19.6 Å². The molecule has 4 aliphatic rings.